The fourth-order valence-electron chi connectivity index (χ4n) is 6.11. The van der Waals surface area contributed by atoms with E-state index in [1.165, 1.54) is 32.3 Å². The Labute approximate surface area is 296 Å². The van der Waals surface area contributed by atoms with Gasteiger partial charge in [0.15, 0.2) is 0 Å². The van der Waals surface area contributed by atoms with Crippen molar-refractivity contribution in [3.05, 3.63) is 87.0 Å². The minimum absolute atomic E-state index is 0.0533. The number of carbonyl (C=O) groups is 2. The van der Waals surface area contributed by atoms with Crippen LogP contribution in [-0.2, 0) is 33.9 Å². The number of fused-ring (bicyclic) bond motifs is 1. The van der Waals surface area contributed by atoms with Gasteiger partial charge in [-0.2, -0.15) is 26.3 Å². The number of halogens is 8. The highest BCUT2D eigenvalue weighted by Crippen LogP contribution is 2.39. The molecule has 0 aliphatic carbocycles. The molecule has 1 fully saturated rings. The van der Waals surface area contributed by atoms with E-state index in [0.717, 1.165) is 17.7 Å². The van der Waals surface area contributed by atoms with Crippen molar-refractivity contribution in [1.29, 1.82) is 0 Å². The minimum Gasteiger partial charge on any atom is -0.467 e. The Hall–Kier alpha value is -5.26. The van der Waals surface area contributed by atoms with Gasteiger partial charge in [-0.25, -0.2) is 13.6 Å². The first kappa shape index (κ1) is 39.0. The predicted molar refractivity (Wildman–Crippen MR) is 178 cm³/mol. The number of nitrogens with zero attached hydrogens (tertiary/aromatic N) is 4. The van der Waals surface area contributed by atoms with Crippen LogP contribution in [0.2, 0.25) is 0 Å². The molecular formula is C35H33F8N5O5. The Kier molecular flexibility index (Phi) is 10.8. The van der Waals surface area contributed by atoms with Crippen LogP contribution in [-0.4, -0.2) is 80.7 Å². The van der Waals surface area contributed by atoms with Gasteiger partial charge < -0.3 is 29.2 Å². The normalized spacial score (nSPS) is 15.7. The van der Waals surface area contributed by atoms with Gasteiger partial charge in [0.05, 0.1) is 48.9 Å². The van der Waals surface area contributed by atoms with Gasteiger partial charge in [-0.15, -0.1) is 0 Å². The maximum Gasteiger partial charge on any atom is 0.417 e. The standard InChI is InChI=1S/C35H33F8N5O5/c1-17-10-23(34(38,39)40)28(32(50)47(17)4)21-7-6-18(22-12-20(46(2)3)15-44-30(21)22)11-26(33(51)52-5)45-31(49)29-24(36)13-19(14-25(29)37)48-8-9-53-16-27(48)35(41,42)43/h6-7,10,12-15,26-27H,8-9,11,16H2,1-5H3,(H,45,49)/t26-,27+/m0/s1. The van der Waals surface area contributed by atoms with E-state index in [0.29, 0.717) is 22.7 Å². The van der Waals surface area contributed by atoms with Crippen LogP contribution < -0.4 is 20.7 Å². The molecule has 1 N–H and O–H groups in total. The molecule has 1 aliphatic heterocycles. The number of pyridine rings is 2. The van der Waals surface area contributed by atoms with Crippen LogP contribution in [0.5, 0.6) is 0 Å². The zero-order valence-corrected chi connectivity index (χ0v) is 28.9. The zero-order chi connectivity index (χ0) is 39.2. The smallest absolute Gasteiger partial charge is 0.417 e. The Morgan fingerprint density at radius 3 is 2.32 bits per heavy atom. The quantitative estimate of drug-likeness (QED) is 0.185. The molecule has 1 amide bonds. The lowest BCUT2D eigenvalue weighted by Gasteiger charge is -2.38. The molecule has 0 bridgehead atoms. The first-order valence-corrected chi connectivity index (χ1v) is 15.9. The molecule has 18 heteroatoms. The number of rotatable bonds is 8. The molecule has 2 aromatic heterocycles. The monoisotopic (exact) mass is 755 g/mol. The number of esters is 1. The second-order valence-corrected chi connectivity index (χ2v) is 12.6. The van der Waals surface area contributed by atoms with Crippen LogP contribution in [0.15, 0.2) is 47.4 Å². The van der Waals surface area contributed by atoms with Crippen molar-refractivity contribution >= 4 is 34.2 Å². The van der Waals surface area contributed by atoms with Crippen molar-refractivity contribution in [2.75, 3.05) is 50.8 Å². The van der Waals surface area contributed by atoms with Crippen molar-refractivity contribution in [2.45, 2.75) is 37.8 Å². The molecule has 10 nitrogen and oxygen atoms in total. The minimum atomic E-state index is -4.92. The number of benzene rings is 2. The molecule has 3 heterocycles. The van der Waals surface area contributed by atoms with E-state index in [1.54, 1.807) is 25.1 Å². The summed E-state index contributed by atoms with van der Waals surface area (Å²) in [5.41, 5.74) is -3.95. The Bertz CT molecular complexity index is 2110. The average molecular weight is 756 g/mol. The number of alkyl halides is 6. The molecule has 4 aromatic rings. The fourth-order valence-corrected chi connectivity index (χ4v) is 6.11. The molecule has 2 atom stereocenters. The van der Waals surface area contributed by atoms with Gasteiger partial charge in [-0.1, -0.05) is 12.1 Å². The number of anilines is 2. The number of nitrogens with one attached hydrogen (secondary N) is 1. The van der Waals surface area contributed by atoms with Gasteiger partial charge in [0, 0.05) is 56.4 Å². The summed E-state index contributed by atoms with van der Waals surface area (Å²) in [5.74, 6) is -5.54. The summed E-state index contributed by atoms with van der Waals surface area (Å²) >= 11 is 0. The van der Waals surface area contributed by atoms with Gasteiger partial charge in [-0.05, 0) is 36.8 Å². The lowest BCUT2D eigenvalue weighted by atomic mass is 9.93. The van der Waals surface area contributed by atoms with Crippen molar-refractivity contribution in [3.63, 3.8) is 0 Å². The van der Waals surface area contributed by atoms with E-state index in [-0.39, 0.29) is 40.9 Å². The molecule has 0 unspecified atom stereocenters. The van der Waals surface area contributed by atoms with Crippen LogP contribution >= 0.6 is 0 Å². The molecular weight excluding hydrogens is 722 g/mol. The Morgan fingerprint density at radius 1 is 1.08 bits per heavy atom. The lowest BCUT2D eigenvalue weighted by Crippen LogP contribution is -2.53. The van der Waals surface area contributed by atoms with Gasteiger partial charge in [0.1, 0.15) is 29.3 Å². The number of aromatic nitrogens is 2. The molecule has 0 saturated carbocycles. The van der Waals surface area contributed by atoms with E-state index >= 15 is 8.78 Å². The highest BCUT2D eigenvalue weighted by molar-refractivity contribution is 5.99. The highest BCUT2D eigenvalue weighted by Gasteiger charge is 2.46. The van der Waals surface area contributed by atoms with Gasteiger partial charge in [-0.3, -0.25) is 14.6 Å². The number of hydrogen-bond donors (Lipinski definition) is 1. The third-order valence-electron chi connectivity index (χ3n) is 8.99. The van der Waals surface area contributed by atoms with Crippen molar-refractivity contribution in [1.82, 2.24) is 14.9 Å². The van der Waals surface area contributed by atoms with Crippen LogP contribution in [0.25, 0.3) is 22.0 Å². The summed E-state index contributed by atoms with van der Waals surface area (Å²) in [7, 11) is 5.63. The van der Waals surface area contributed by atoms with Gasteiger partial charge in [0.2, 0.25) is 0 Å². The first-order chi connectivity index (χ1) is 24.7. The number of ether oxygens (including phenoxy) is 2. The number of amides is 1. The second kappa shape index (κ2) is 14.6. The number of methoxy groups -OCH3 is 1. The number of aryl methyl sites for hydroxylation is 1. The number of hydrogen-bond acceptors (Lipinski definition) is 8. The summed E-state index contributed by atoms with van der Waals surface area (Å²) in [6.45, 7) is 0.0868. The topological polar surface area (TPSA) is 106 Å². The largest absolute Gasteiger partial charge is 0.467 e. The maximum atomic E-state index is 15.4. The van der Waals surface area contributed by atoms with E-state index in [2.05, 4.69) is 10.3 Å². The molecule has 0 radical (unpaired) electrons. The van der Waals surface area contributed by atoms with Crippen molar-refractivity contribution in [2.24, 2.45) is 7.05 Å². The van der Waals surface area contributed by atoms with Crippen LogP contribution in [0.1, 0.15) is 27.2 Å². The molecule has 5 rings (SSSR count). The van der Waals surface area contributed by atoms with Gasteiger partial charge in [0.25, 0.3) is 11.5 Å². The number of morpholine rings is 1. The van der Waals surface area contributed by atoms with E-state index in [1.807, 2.05) is 0 Å². The van der Waals surface area contributed by atoms with Crippen molar-refractivity contribution in [3.8, 4) is 11.1 Å². The van der Waals surface area contributed by atoms with Crippen LogP contribution in [0.3, 0.4) is 0 Å². The average Bonchev–Trinajstić information content (AvgIpc) is 3.08. The van der Waals surface area contributed by atoms with Crippen LogP contribution in [0, 0.1) is 18.6 Å². The molecule has 284 valence electrons. The summed E-state index contributed by atoms with van der Waals surface area (Å²) < 4.78 is 125. The lowest BCUT2D eigenvalue weighted by molar-refractivity contribution is -0.167. The van der Waals surface area contributed by atoms with E-state index in [9.17, 15) is 40.7 Å². The fraction of sp³-hybridized carbons (Fsp3) is 0.371. The van der Waals surface area contributed by atoms with Gasteiger partial charge >= 0.3 is 18.3 Å². The Balaban J connectivity index is 1.56. The summed E-state index contributed by atoms with van der Waals surface area (Å²) in [5, 5.41) is 2.39. The summed E-state index contributed by atoms with van der Waals surface area (Å²) in [6, 6.07) is 2.23. The van der Waals surface area contributed by atoms with Crippen molar-refractivity contribution < 1.29 is 54.2 Å². The predicted octanol–water partition coefficient (Wildman–Crippen LogP) is 5.55. The maximum absolute atomic E-state index is 15.4. The molecule has 1 aliphatic rings. The third kappa shape index (κ3) is 7.77. The SMILES string of the molecule is COC(=O)[C@H](Cc1ccc(-c2c(C(F)(F)F)cc(C)n(C)c2=O)c2ncc(N(C)C)cc12)NC(=O)c1c(F)cc(N2CCOC[C@@H]2C(F)(F)F)cc1F. The molecule has 2 aromatic carbocycles. The highest BCUT2D eigenvalue weighted by atomic mass is 19.4. The second-order valence-electron chi connectivity index (χ2n) is 12.6. The first-order valence-electron chi connectivity index (χ1n) is 15.9. The number of carbonyl (C=O) groups excluding carboxylic acids is 2. The molecule has 53 heavy (non-hydrogen) atoms. The summed E-state index contributed by atoms with van der Waals surface area (Å²) in [4.78, 5) is 46.4. The van der Waals surface area contributed by atoms with E-state index < -0.39 is 88.9 Å². The van der Waals surface area contributed by atoms with E-state index in [4.69, 9.17) is 9.47 Å². The zero-order valence-electron chi connectivity index (χ0n) is 28.9. The molecule has 0 spiro atoms. The third-order valence-corrected chi connectivity index (χ3v) is 8.99. The molecule has 1 saturated heterocycles. The summed E-state index contributed by atoms with van der Waals surface area (Å²) in [6.07, 6.45) is -8.79. The Morgan fingerprint density at radius 2 is 1.74 bits per heavy atom. The van der Waals surface area contributed by atoms with Crippen LogP contribution in [0.4, 0.5) is 46.5 Å².